The topological polar surface area (TPSA) is 79.3 Å². The molecule has 1 aliphatic carbocycles. The first-order chi connectivity index (χ1) is 9.89. The number of likely N-dealkylation sites (N-methyl/N-ethyl adjacent to an activating group) is 1. The predicted octanol–water partition coefficient (Wildman–Crippen LogP) is 0.640. The third kappa shape index (κ3) is 4.86. The molecule has 0 aromatic heterocycles. The van der Waals surface area contributed by atoms with E-state index in [9.17, 15) is 9.59 Å². The predicted molar refractivity (Wildman–Crippen MR) is 75.1 cm³/mol. The van der Waals surface area contributed by atoms with Crippen LogP contribution in [0.15, 0.2) is 0 Å². The van der Waals surface area contributed by atoms with E-state index < -0.39 is 11.6 Å². The summed E-state index contributed by atoms with van der Waals surface area (Å²) in [7, 11) is 1.75. The fourth-order valence-electron chi connectivity index (χ4n) is 2.30. The second kappa shape index (κ2) is 6.62. The number of carbonyl (C=O) groups is 2. The van der Waals surface area contributed by atoms with Crippen molar-refractivity contribution in [1.29, 1.82) is 0 Å². The molecule has 0 bridgehead atoms. The van der Waals surface area contributed by atoms with Crippen molar-refractivity contribution in [3.63, 3.8) is 0 Å². The van der Waals surface area contributed by atoms with Gasteiger partial charge in [-0.3, -0.25) is 0 Å². The van der Waals surface area contributed by atoms with Crippen LogP contribution in [0.4, 0.5) is 4.79 Å². The van der Waals surface area contributed by atoms with Crippen molar-refractivity contribution in [2.75, 3.05) is 46.5 Å². The molecule has 7 heteroatoms. The minimum Gasteiger partial charge on any atom is -0.480 e. The molecule has 1 saturated heterocycles. The molecule has 1 heterocycles. The zero-order chi connectivity index (χ0) is 15.5. The van der Waals surface area contributed by atoms with Crippen LogP contribution in [0.25, 0.3) is 0 Å². The average molecular weight is 300 g/mol. The maximum atomic E-state index is 12.1. The molecule has 1 N–H and O–H groups in total. The highest BCUT2D eigenvalue weighted by molar-refractivity contribution is 5.75. The number of aliphatic carboxylic acids is 1. The van der Waals surface area contributed by atoms with Crippen molar-refractivity contribution < 1.29 is 24.2 Å². The van der Waals surface area contributed by atoms with Crippen LogP contribution >= 0.6 is 0 Å². The molecule has 2 aliphatic rings. The number of carboxylic acid groups (broad SMARTS) is 1. The van der Waals surface area contributed by atoms with Gasteiger partial charge in [-0.15, -0.1) is 0 Å². The Hall–Kier alpha value is -1.34. The van der Waals surface area contributed by atoms with Crippen molar-refractivity contribution in [3.8, 4) is 0 Å². The van der Waals surface area contributed by atoms with Gasteiger partial charge >= 0.3 is 12.0 Å². The van der Waals surface area contributed by atoms with Crippen LogP contribution < -0.4 is 0 Å². The third-order valence-corrected chi connectivity index (χ3v) is 3.81. The molecular formula is C14H24N2O5. The van der Waals surface area contributed by atoms with Gasteiger partial charge in [-0.2, -0.15) is 0 Å². The normalized spacial score (nSPS) is 20.0. The minimum absolute atomic E-state index is 0.0681. The van der Waals surface area contributed by atoms with Gasteiger partial charge in [0.1, 0.15) is 12.2 Å². The van der Waals surface area contributed by atoms with Crippen molar-refractivity contribution in [1.82, 2.24) is 9.80 Å². The first kappa shape index (κ1) is 16.0. The third-order valence-electron chi connectivity index (χ3n) is 3.81. The maximum absolute atomic E-state index is 12.1. The number of ether oxygens (including phenoxy) is 2. The van der Waals surface area contributed by atoms with Gasteiger partial charge in [0.2, 0.25) is 0 Å². The largest absolute Gasteiger partial charge is 0.480 e. The number of carbonyl (C=O) groups excluding carboxylic acids is 1. The lowest BCUT2D eigenvalue weighted by Crippen LogP contribution is -2.65. The number of rotatable bonds is 8. The number of hydrogen-bond donors (Lipinski definition) is 1. The molecule has 2 fully saturated rings. The summed E-state index contributed by atoms with van der Waals surface area (Å²) < 4.78 is 10.8. The lowest BCUT2D eigenvalue weighted by atomic mass is 9.97. The van der Waals surface area contributed by atoms with Crippen LogP contribution in [-0.2, 0) is 14.3 Å². The zero-order valence-electron chi connectivity index (χ0n) is 12.7. The Labute approximate surface area is 124 Å². The highest BCUT2D eigenvalue weighted by atomic mass is 16.5. The van der Waals surface area contributed by atoms with Crippen LogP contribution in [0.3, 0.4) is 0 Å². The van der Waals surface area contributed by atoms with Crippen LogP contribution in [0, 0.1) is 5.92 Å². The van der Waals surface area contributed by atoms with E-state index in [1.54, 1.807) is 16.8 Å². The van der Waals surface area contributed by atoms with Crippen LogP contribution in [0.1, 0.15) is 19.8 Å². The van der Waals surface area contributed by atoms with E-state index in [1.807, 2.05) is 6.92 Å². The summed E-state index contributed by atoms with van der Waals surface area (Å²) in [5.41, 5.74) is -0.544. The average Bonchev–Trinajstić information content (AvgIpc) is 3.21. The summed E-state index contributed by atoms with van der Waals surface area (Å²) in [5.74, 6) is -0.264. The van der Waals surface area contributed by atoms with Crippen LogP contribution in [0.5, 0.6) is 0 Å². The molecule has 7 nitrogen and oxygen atoms in total. The maximum Gasteiger partial charge on any atom is 0.329 e. The molecular weight excluding hydrogens is 276 g/mol. The summed E-state index contributed by atoms with van der Waals surface area (Å²) in [6, 6.07) is -0.0681. The molecule has 1 aliphatic heterocycles. The van der Waals surface area contributed by atoms with E-state index in [0.29, 0.717) is 26.2 Å². The summed E-state index contributed by atoms with van der Waals surface area (Å²) >= 11 is 0. The SMILES string of the molecule is CN(CCOCC1CC1)C(=O)N1CC(C)(OCC(=O)O)C1. The molecule has 1 saturated carbocycles. The number of urea groups is 1. The fourth-order valence-corrected chi connectivity index (χ4v) is 2.30. The molecule has 2 rings (SSSR count). The molecule has 0 unspecified atom stereocenters. The van der Waals surface area contributed by atoms with Gasteiger partial charge in [0.05, 0.1) is 19.7 Å². The van der Waals surface area contributed by atoms with E-state index in [1.165, 1.54) is 12.8 Å². The standard InChI is InChI=1S/C14H24N2O5/c1-14(21-8-12(17)18)9-16(10-14)13(19)15(2)5-6-20-7-11-3-4-11/h11H,3-10H2,1-2H3,(H,17,18). The Balaban J connectivity index is 1.60. The quantitative estimate of drug-likeness (QED) is 0.666. The minimum atomic E-state index is -0.995. The zero-order valence-corrected chi connectivity index (χ0v) is 12.7. The second-order valence-corrected chi connectivity index (χ2v) is 6.21. The summed E-state index contributed by atoms with van der Waals surface area (Å²) in [6.07, 6.45) is 2.52. The summed E-state index contributed by atoms with van der Waals surface area (Å²) in [4.78, 5) is 25.9. The smallest absolute Gasteiger partial charge is 0.329 e. The second-order valence-electron chi connectivity index (χ2n) is 6.21. The Morgan fingerprint density at radius 3 is 2.62 bits per heavy atom. The molecule has 0 radical (unpaired) electrons. The highest BCUT2D eigenvalue weighted by Gasteiger charge is 2.43. The Morgan fingerprint density at radius 2 is 2.05 bits per heavy atom. The Bertz CT molecular complexity index is 391. The Kier molecular flexibility index (Phi) is 5.05. The number of amides is 2. The first-order valence-corrected chi connectivity index (χ1v) is 7.33. The van der Waals surface area contributed by atoms with E-state index in [0.717, 1.165) is 12.5 Å². The van der Waals surface area contributed by atoms with Crippen molar-refractivity contribution in [2.24, 2.45) is 5.92 Å². The van der Waals surface area contributed by atoms with Crippen molar-refractivity contribution in [2.45, 2.75) is 25.4 Å². The van der Waals surface area contributed by atoms with Gasteiger partial charge in [0, 0.05) is 20.2 Å². The number of nitrogens with zero attached hydrogens (tertiary/aromatic N) is 2. The van der Waals surface area contributed by atoms with Crippen LogP contribution in [0.2, 0.25) is 0 Å². The van der Waals surface area contributed by atoms with E-state index >= 15 is 0 Å². The van der Waals surface area contributed by atoms with Gasteiger partial charge in [0.25, 0.3) is 0 Å². The van der Waals surface area contributed by atoms with Gasteiger partial charge in [0.15, 0.2) is 0 Å². The van der Waals surface area contributed by atoms with Gasteiger partial charge < -0.3 is 24.4 Å². The van der Waals surface area contributed by atoms with Crippen molar-refractivity contribution in [3.05, 3.63) is 0 Å². The number of hydrogen-bond acceptors (Lipinski definition) is 4. The molecule has 21 heavy (non-hydrogen) atoms. The van der Waals surface area contributed by atoms with E-state index in [4.69, 9.17) is 14.6 Å². The molecule has 0 aromatic carbocycles. The molecule has 0 spiro atoms. The highest BCUT2D eigenvalue weighted by Crippen LogP contribution is 2.28. The monoisotopic (exact) mass is 300 g/mol. The van der Waals surface area contributed by atoms with E-state index in [-0.39, 0.29) is 12.6 Å². The molecule has 2 amide bonds. The lowest BCUT2D eigenvalue weighted by Gasteiger charge is -2.48. The van der Waals surface area contributed by atoms with Gasteiger partial charge in [-0.1, -0.05) is 0 Å². The Morgan fingerprint density at radius 1 is 1.38 bits per heavy atom. The summed E-state index contributed by atoms with van der Waals surface area (Å²) in [5, 5.41) is 8.60. The van der Waals surface area contributed by atoms with E-state index in [2.05, 4.69) is 0 Å². The molecule has 0 atom stereocenters. The van der Waals surface area contributed by atoms with Crippen molar-refractivity contribution >= 4 is 12.0 Å². The summed E-state index contributed by atoms with van der Waals surface area (Å²) in [6.45, 7) is 4.25. The molecule has 0 aromatic rings. The lowest BCUT2D eigenvalue weighted by molar-refractivity contribution is -0.160. The molecule has 120 valence electrons. The van der Waals surface area contributed by atoms with Crippen LogP contribution in [-0.4, -0.2) is 79.0 Å². The first-order valence-electron chi connectivity index (χ1n) is 7.33. The number of likely N-dealkylation sites (tertiary alicyclic amines) is 1. The fraction of sp³-hybridized carbons (Fsp3) is 0.857. The van der Waals surface area contributed by atoms with Gasteiger partial charge in [-0.25, -0.2) is 9.59 Å². The number of carboxylic acids is 1. The van der Waals surface area contributed by atoms with Gasteiger partial charge in [-0.05, 0) is 25.7 Å².